The number of allylic oxidation sites excluding steroid dienone is 1. The molecule has 2 rings (SSSR count). The van der Waals surface area contributed by atoms with Crippen molar-refractivity contribution in [3.05, 3.63) is 41.7 Å². The molecule has 1 fully saturated rings. The van der Waals surface area contributed by atoms with E-state index in [4.69, 9.17) is 4.74 Å². The summed E-state index contributed by atoms with van der Waals surface area (Å²) in [4.78, 5) is 16.3. The number of nitrogens with zero attached hydrogens (tertiary/aromatic N) is 2. The number of hydrogen-bond acceptors (Lipinski definition) is 4. The Balaban J connectivity index is 1.97. The van der Waals surface area contributed by atoms with E-state index in [0.29, 0.717) is 30.9 Å². The van der Waals surface area contributed by atoms with Crippen LogP contribution >= 0.6 is 0 Å². The van der Waals surface area contributed by atoms with Gasteiger partial charge in [0.15, 0.2) is 0 Å². The maximum atomic E-state index is 13.3. The minimum atomic E-state index is -0.327. The summed E-state index contributed by atoms with van der Waals surface area (Å²) in [6.45, 7) is 6.44. The fourth-order valence-electron chi connectivity index (χ4n) is 2.63. The Bertz CT molecular complexity index is 571. The fourth-order valence-corrected chi connectivity index (χ4v) is 2.63. The molecule has 1 aliphatic rings. The second kappa shape index (κ2) is 9.52. The lowest BCUT2D eigenvalue weighted by molar-refractivity contribution is -0.126. The third kappa shape index (κ3) is 5.70. The Morgan fingerprint density at radius 2 is 2.12 bits per heavy atom. The average molecular weight is 336 g/mol. The van der Waals surface area contributed by atoms with Gasteiger partial charge in [0.25, 0.3) is 0 Å². The second-order valence-electron chi connectivity index (χ2n) is 5.84. The predicted molar refractivity (Wildman–Crippen MR) is 91.0 cm³/mol. The predicted octanol–water partition coefficient (Wildman–Crippen LogP) is 1.38. The Morgan fingerprint density at radius 3 is 2.79 bits per heavy atom. The first kappa shape index (κ1) is 18.6. The highest BCUT2D eigenvalue weighted by Crippen LogP contribution is 2.15. The van der Waals surface area contributed by atoms with Gasteiger partial charge in [0.2, 0.25) is 5.91 Å². The van der Waals surface area contributed by atoms with Gasteiger partial charge in [-0.05, 0) is 30.2 Å². The van der Waals surface area contributed by atoms with Gasteiger partial charge in [-0.25, -0.2) is 4.39 Å². The summed E-state index contributed by atoms with van der Waals surface area (Å²) in [5.41, 5.74) is 1.38. The molecular formula is C18H25FN2O3. The first-order chi connectivity index (χ1) is 11.6. The van der Waals surface area contributed by atoms with Gasteiger partial charge in [-0.2, -0.15) is 0 Å². The molecule has 1 aromatic rings. The zero-order valence-corrected chi connectivity index (χ0v) is 14.1. The molecule has 6 heteroatoms. The minimum absolute atomic E-state index is 0.0816. The molecule has 132 valence electrons. The number of aliphatic hydroxyl groups is 1. The highest BCUT2D eigenvalue weighted by atomic mass is 19.1. The summed E-state index contributed by atoms with van der Waals surface area (Å²) < 4.78 is 18.6. The van der Waals surface area contributed by atoms with Gasteiger partial charge in [0.05, 0.1) is 19.8 Å². The molecule has 1 amide bonds. The monoisotopic (exact) mass is 336 g/mol. The van der Waals surface area contributed by atoms with E-state index in [1.54, 1.807) is 24.0 Å². The number of rotatable bonds is 7. The number of hydrogen-bond donors (Lipinski definition) is 1. The van der Waals surface area contributed by atoms with Crippen molar-refractivity contribution in [2.75, 3.05) is 52.5 Å². The van der Waals surface area contributed by atoms with Crippen molar-refractivity contribution in [1.82, 2.24) is 9.80 Å². The molecule has 1 aromatic carbocycles. The maximum Gasteiger partial charge on any atom is 0.246 e. The van der Waals surface area contributed by atoms with Crippen LogP contribution in [0, 0.1) is 5.82 Å². The second-order valence-corrected chi connectivity index (χ2v) is 5.84. The van der Waals surface area contributed by atoms with Crippen molar-refractivity contribution in [2.45, 2.75) is 6.92 Å². The van der Waals surface area contributed by atoms with Crippen molar-refractivity contribution >= 4 is 11.5 Å². The fraction of sp³-hybridized carbons (Fsp3) is 0.500. The molecule has 1 heterocycles. The first-order valence-corrected chi connectivity index (χ1v) is 8.24. The molecule has 5 nitrogen and oxygen atoms in total. The highest BCUT2D eigenvalue weighted by molar-refractivity contribution is 5.94. The van der Waals surface area contributed by atoms with Gasteiger partial charge >= 0.3 is 0 Å². The average Bonchev–Trinajstić information content (AvgIpc) is 2.59. The van der Waals surface area contributed by atoms with Gasteiger partial charge in [0, 0.05) is 38.8 Å². The standard InChI is InChI=1S/C18H25FN2O3/c1-15(16-3-2-4-17(19)14-16)13-18(23)21(7-10-22)6-5-20-8-11-24-12-9-20/h2-4,13-14,22H,5-12H2,1H3/b15-13-. The van der Waals surface area contributed by atoms with Crippen LogP contribution in [0.25, 0.3) is 5.57 Å². The minimum Gasteiger partial charge on any atom is -0.395 e. The largest absolute Gasteiger partial charge is 0.395 e. The highest BCUT2D eigenvalue weighted by Gasteiger charge is 2.15. The zero-order chi connectivity index (χ0) is 17.4. The number of halogens is 1. The van der Waals surface area contributed by atoms with Gasteiger partial charge < -0.3 is 14.7 Å². The molecule has 1 aliphatic heterocycles. The number of amides is 1. The lowest BCUT2D eigenvalue weighted by atomic mass is 10.1. The summed E-state index contributed by atoms with van der Waals surface area (Å²) in [6, 6.07) is 6.17. The Hall–Kier alpha value is -1.76. The van der Waals surface area contributed by atoms with E-state index in [1.165, 1.54) is 18.2 Å². The van der Waals surface area contributed by atoms with E-state index in [2.05, 4.69) is 4.90 Å². The Morgan fingerprint density at radius 1 is 1.38 bits per heavy atom. The molecule has 0 unspecified atom stereocenters. The van der Waals surface area contributed by atoms with Crippen molar-refractivity contribution in [2.24, 2.45) is 0 Å². The van der Waals surface area contributed by atoms with Crippen LogP contribution in [0.3, 0.4) is 0 Å². The smallest absolute Gasteiger partial charge is 0.246 e. The summed E-state index contributed by atoms with van der Waals surface area (Å²) in [5.74, 6) is -0.494. The Kier molecular flexibility index (Phi) is 7.36. The molecule has 0 saturated carbocycles. The quantitative estimate of drug-likeness (QED) is 0.765. The molecular weight excluding hydrogens is 311 g/mol. The van der Waals surface area contributed by atoms with Crippen LogP contribution in [0.5, 0.6) is 0 Å². The number of benzene rings is 1. The van der Waals surface area contributed by atoms with Crippen molar-refractivity contribution in [3.63, 3.8) is 0 Å². The van der Waals surface area contributed by atoms with Crippen LogP contribution in [0.2, 0.25) is 0 Å². The number of aliphatic hydroxyl groups excluding tert-OH is 1. The summed E-state index contributed by atoms with van der Waals surface area (Å²) >= 11 is 0. The molecule has 0 aromatic heterocycles. The number of ether oxygens (including phenoxy) is 1. The maximum absolute atomic E-state index is 13.3. The van der Waals surface area contributed by atoms with Crippen molar-refractivity contribution in [3.8, 4) is 0 Å². The van der Waals surface area contributed by atoms with E-state index < -0.39 is 0 Å². The molecule has 0 radical (unpaired) electrons. The summed E-state index contributed by atoms with van der Waals surface area (Å²) in [5, 5.41) is 9.21. The van der Waals surface area contributed by atoms with Gasteiger partial charge in [-0.3, -0.25) is 9.69 Å². The number of morpholine rings is 1. The summed E-state index contributed by atoms with van der Waals surface area (Å²) in [6.07, 6.45) is 1.50. The normalized spacial score (nSPS) is 16.2. The van der Waals surface area contributed by atoms with Gasteiger partial charge in [-0.15, -0.1) is 0 Å². The van der Waals surface area contributed by atoms with Gasteiger partial charge in [-0.1, -0.05) is 12.1 Å². The Labute approximate surface area is 142 Å². The summed E-state index contributed by atoms with van der Waals surface area (Å²) in [7, 11) is 0. The van der Waals surface area contributed by atoms with Crippen LogP contribution in [-0.2, 0) is 9.53 Å². The van der Waals surface area contributed by atoms with Crippen LogP contribution in [0.15, 0.2) is 30.3 Å². The van der Waals surface area contributed by atoms with Gasteiger partial charge in [0.1, 0.15) is 5.82 Å². The van der Waals surface area contributed by atoms with Crippen molar-refractivity contribution in [1.29, 1.82) is 0 Å². The molecule has 0 aliphatic carbocycles. The molecule has 0 bridgehead atoms. The van der Waals surface area contributed by atoms with Crippen LogP contribution in [-0.4, -0.2) is 73.4 Å². The first-order valence-electron chi connectivity index (χ1n) is 8.24. The van der Waals surface area contributed by atoms with E-state index >= 15 is 0 Å². The van der Waals surface area contributed by atoms with Crippen LogP contribution in [0.1, 0.15) is 12.5 Å². The van der Waals surface area contributed by atoms with E-state index in [1.807, 2.05) is 0 Å². The molecule has 24 heavy (non-hydrogen) atoms. The third-order valence-corrected chi connectivity index (χ3v) is 4.09. The van der Waals surface area contributed by atoms with E-state index in [-0.39, 0.29) is 24.9 Å². The van der Waals surface area contributed by atoms with Crippen molar-refractivity contribution < 1.29 is 19.0 Å². The number of carbonyl (C=O) groups is 1. The van der Waals surface area contributed by atoms with Crippen LogP contribution in [0.4, 0.5) is 4.39 Å². The lowest BCUT2D eigenvalue weighted by Gasteiger charge is -2.29. The molecule has 1 saturated heterocycles. The van der Waals surface area contributed by atoms with E-state index in [0.717, 1.165) is 19.6 Å². The van der Waals surface area contributed by atoms with Crippen LogP contribution < -0.4 is 0 Å². The molecule has 0 spiro atoms. The zero-order valence-electron chi connectivity index (χ0n) is 14.1. The van der Waals surface area contributed by atoms with E-state index in [9.17, 15) is 14.3 Å². The third-order valence-electron chi connectivity index (χ3n) is 4.09. The SMILES string of the molecule is C/C(=C/C(=O)N(CCO)CCN1CCOCC1)c1cccc(F)c1. The molecule has 1 N–H and O–H groups in total. The number of carbonyl (C=O) groups excluding carboxylic acids is 1. The molecule has 0 atom stereocenters. The topological polar surface area (TPSA) is 53.0 Å². The lowest BCUT2D eigenvalue weighted by Crippen LogP contribution is -2.43.